The van der Waals surface area contributed by atoms with E-state index in [0.717, 1.165) is 40.9 Å². The van der Waals surface area contributed by atoms with Gasteiger partial charge in [-0.05, 0) is 124 Å². The number of fused-ring (bicyclic) bond motifs is 11. The fraction of sp³-hybridized carbons (Fsp3) is 0.0615. The van der Waals surface area contributed by atoms with Crippen molar-refractivity contribution in [2.75, 3.05) is 4.90 Å². The Balaban J connectivity index is 0.000000649. The Labute approximate surface area is 403 Å². The number of anilines is 3. The standard InChI is InChI=1S/C58H42N4.C7H8/c59-50(38-18-4-1-5-19-38)37-51(60)43-26-16-29-49-56(43)45-36-39(42-25-17-33-55-57(42)44-24-10-13-30-52(44)61(55)40-20-6-2-7-21-40)34-35-46(45)58(49)47-27-11-14-31-53(47)62(41-22-8-3-9-23-41)54-32-15-12-28-48(54)58;1-7-5-3-2-4-6-7/h1-33,36-37,60H,34-35,59H2;2-6H,1H3/b50-37-,60-51?;. The van der Waals surface area contributed by atoms with E-state index in [0.29, 0.717) is 11.4 Å². The third-order valence-electron chi connectivity index (χ3n) is 14.3. The summed E-state index contributed by atoms with van der Waals surface area (Å²) in [6, 6.07) is 81.8. The predicted octanol–water partition coefficient (Wildman–Crippen LogP) is 15.9. The van der Waals surface area contributed by atoms with Gasteiger partial charge >= 0.3 is 0 Å². The van der Waals surface area contributed by atoms with Gasteiger partial charge in [0.2, 0.25) is 0 Å². The molecule has 13 rings (SSSR count). The third kappa shape index (κ3) is 6.78. The minimum Gasteiger partial charge on any atom is -0.398 e. The average Bonchev–Trinajstić information content (AvgIpc) is 3.91. The Morgan fingerprint density at radius 1 is 0.536 bits per heavy atom. The SMILES string of the molecule is Cc1ccccc1.N=C(/C=C(\N)c1ccccc1)c1cccc2c1C1=C(CCC(c3cccc4c3c3ccccc3n4-c3ccccc3)=C1)C21c2ccccc2N(c2ccccc2)c2ccccc21. The largest absolute Gasteiger partial charge is 0.398 e. The van der Waals surface area contributed by atoms with Gasteiger partial charge in [-0.2, -0.15) is 0 Å². The van der Waals surface area contributed by atoms with Crippen LogP contribution in [-0.4, -0.2) is 10.3 Å². The molecule has 4 heteroatoms. The van der Waals surface area contributed by atoms with Crippen molar-refractivity contribution in [2.24, 2.45) is 5.73 Å². The topological polar surface area (TPSA) is 58.0 Å². The van der Waals surface area contributed by atoms with Crippen LogP contribution in [-0.2, 0) is 5.41 Å². The average molecular weight is 887 g/mol. The molecule has 1 aromatic heterocycles. The molecule has 9 aromatic carbocycles. The molecule has 0 saturated heterocycles. The summed E-state index contributed by atoms with van der Waals surface area (Å²) >= 11 is 0. The van der Waals surface area contributed by atoms with Gasteiger partial charge in [0.15, 0.2) is 0 Å². The van der Waals surface area contributed by atoms with Crippen molar-refractivity contribution in [3.05, 3.63) is 293 Å². The highest BCUT2D eigenvalue weighted by atomic mass is 15.2. The lowest BCUT2D eigenvalue weighted by atomic mass is 9.62. The van der Waals surface area contributed by atoms with Crippen molar-refractivity contribution in [3.63, 3.8) is 0 Å². The second-order valence-electron chi connectivity index (χ2n) is 18.2. The summed E-state index contributed by atoms with van der Waals surface area (Å²) in [4.78, 5) is 2.43. The van der Waals surface area contributed by atoms with Crippen LogP contribution in [0.25, 0.3) is 44.3 Å². The van der Waals surface area contributed by atoms with Gasteiger partial charge in [-0.25, -0.2) is 0 Å². The van der Waals surface area contributed by atoms with Crippen LogP contribution in [0, 0.1) is 12.3 Å². The number of nitrogens with two attached hydrogens (primary N) is 1. The lowest BCUT2D eigenvalue weighted by Gasteiger charge is -2.46. The minimum absolute atomic E-state index is 0.393. The van der Waals surface area contributed by atoms with Crippen molar-refractivity contribution in [1.29, 1.82) is 5.41 Å². The number of rotatable bonds is 6. The van der Waals surface area contributed by atoms with E-state index in [1.165, 1.54) is 77.7 Å². The Hall–Kier alpha value is -8.73. The van der Waals surface area contributed by atoms with Crippen LogP contribution in [0.3, 0.4) is 0 Å². The molecule has 4 nitrogen and oxygen atoms in total. The van der Waals surface area contributed by atoms with E-state index in [9.17, 15) is 5.41 Å². The zero-order chi connectivity index (χ0) is 46.5. The number of aromatic nitrogens is 1. The first-order chi connectivity index (χ1) is 34.0. The van der Waals surface area contributed by atoms with E-state index in [-0.39, 0.29) is 0 Å². The van der Waals surface area contributed by atoms with Gasteiger partial charge in [0.05, 0.1) is 33.5 Å². The van der Waals surface area contributed by atoms with Crippen LogP contribution in [0.5, 0.6) is 0 Å². The minimum atomic E-state index is -0.592. The molecule has 3 aliphatic rings. The summed E-state index contributed by atoms with van der Waals surface area (Å²) in [7, 11) is 0. The van der Waals surface area contributed by atoms with Crippen molar-refractivity contribution in [2.45, 2.75) is 25.2 Å². The van der Waals surface area contributed by atoms with E-state index >= 15 is 0 Å². The lowest BCUT2D eigenvalue weighted by Crippen LogP contribution is -2.37. The molecular formula is C65H50N4. The van der Waals surface area contributed by atoms with Crippen molar-refractivity contribution in [3.8, 4) is 5.69 Å². The van der Waals surface area contributed by atoms with E-state index in [1.807, 2.05) is 54.6 Å². The number of allylic oxidation sites excluding steroid dienone is 5. The monoisotopic (exact) mass is 886 g/mol. The lowest BCUT2D eigenvalue weighted by molar-refractivity contribution is 0.689. The van der Waals surface area contributed by atoms with E-state index in [4.69, 9.17) is 5.73 Å². The number of para-hydroxylation sites is 5. The van der Waals surface area contributed by atoms with Gasteiger partial charge in [-0.3, -0.25) is 0 Å². The van der Waals surface area contributed by atoms with Crippen LogP contribution < -0.4 is 10.6 Å². The predicted molar refractivity (Wildman–Crippen MR) is 289 cm³/mol. The second-order valence-corrected chi connectivity index (χ2v) is 18.2. The number of benzene rings is 9. The molecule has 1 spiro atoms. The first-order valence-electron chi connectivity index (χ1n) is 23.9. The number of nitrogens with one attached hydrogen (secondary N) is 1. The summed E-state index contributed by atoms with van der Waals surface area (Å²) in [6.45, 7) is 2.08. The highest BCUT2D eigenvalue weighted by Crippen LogP contribution is 2.65. The van der Waals surface area contributed by atoms with Crippen LogP contribution in [0.1, 0.15) is 57.3 Å². The molecule has 1 aliphatic heterocycles. The van der Waals surface area contributed by atoms with Gasteiger partial charge < -0.3 is 20.6 Å². The maximum Gasteiger partial charge on any atom is 0.0717 e. The Bertz CT molecular complexity index is 3640. The summed E-state index contributed by atoms with van der Waals surface area (Å²) in [6.07, 6.45) is 6.04. The highest BCUT2D eigenvalue weighted by molar-refractivity contribution is 6.17. The molecule has 0 atom stereocenters. The molecule has 0 bridgehead atoms. The Morgan fingerprint density at radius 3 is 1.75 bits per heavy atom. The second kappa shape index (κ2) is 17.2. The maximum atomic E-state index is 9.81. The number of aryl methyl sites for hydroxylation is 1. The molecule has 3 N–H and O–H groups in total. The van der Waals surface area contributed by atoms with Crippen molar-refractivity contribution in [1.82, 2.24) is 4.57 Å². The Kier molecular flexibility index (Phi) is 10.4. The summed E-state index contributed by atoms with van der Waals surface area (Å²) in [5.74, 6) is 0. The van der Waals surface area contributed by atoms with E-state index in [2.05, 4.69) is 204 Å². The molecule has 0 fully saturated rings. The van der Waals surface area contributed by atoms with Gasteiger partial charge in [0.25, 0.3) is 0 Å². The quantitative estimate of drug-likeness (QED) is 0.163. The first-order valence-corrected chi connectivity index (χ1v) is 23.9. The Morgan fingerprint density at radius 2 is 1.09 bits per heavy atom. The zero-order valence-electron chi connectivity index (χ0n) is 38.5. The number of nitrogens with zero attached hydrogens (tertiary/aromatic N) is 2. The number of hydrogen-bond acceptors (Lipinski definition) is 3. The van der Waals surface area contributed by atoms with Gasteiger partial charge in [0.1, 0.15) is 0 Å². The molecule has 2 aliphatic carbocycles. The van der Waals surface area contributed by atoms with Crippen LogP contribution >= 0.6 is 0 Å². The summed E-state index contributed by atoms with van der Waals surface area (Å²) in [5, 5.41) is 12.3. The molecule has 69 heavy (non-hydrogen) atoms. The maximum absolute atomic E-state index is 9.81. The van der Waals surface area contributed by atoms with Crippen molar-refractivity contribution >= 4 is 61.4 Å². The first kappa shape index (κ1) is 41.7. The molecule has 10 aromatic rings. The van der Waals surface area contributed by atoms with Gasteiger partial charge in [-0.15, -0.1) is 0 Å². The summed E-state index contributed by atoms with van der Waals surface area (Å²) < 4.78 is 2.40. The van der Waals surface area contributed by atoms with Crippen LogP contribution in [0.2, 0.25) is 0 Å². The third-order valence-corrected chi connectivity index (χ3v) is 14.3. The molecule has 0 amide bonds. The fourth-order valence-corrected chi connectivity index (χ4v) is 11.4. The zero-order valence-corrected chi connectivity index (χ0v) is 38.5. The molecule has 2 heterocycles. The fourth-order valence-electron chi connectivity index (χ4n) is 11.4. The van der Waals surface area contributed by atoms with E-state index < -0.39 is 5.41 Å². The summed E-state index contributed by atoms with van der Waals surface area (Å²) in [5.41, 5.74) is 27.2. The van der Waals surface area contributed by atoms with Crippen molar-refractivity contribution < 1.29 is 0 Å². The van der Waals surface area contributed by atoms with Crippen LogP contribution in [0.4, 0.5) is 17.1 Å². The number of hydrogen-bond donors (Lipinski definition) is 2. The molecule has 0 saturated carbocycles. The highest BCUT2D eigenvalue weighted by Gasteiger charge is 2.53. The molecule has 330 valence electrons. The molecule has 0 radical (unpaired) electrons. The normalized spacial score (nSPS) is 14.4. The smallest absolute Gasteiger partial charge is 0.0717 e. The molecule has 0 unspecified atom stereocenters. The van der Waals surface area contributed by atoms with E-state index in [1.54, 1.807) is 0 Å². The van der Waals surface area contributed by atoms with Gasteiger partial charge in [-0.1, -0.05) is 194 Å². The molecular weight excluding hydrogens is 837 g/mol. The van der Waals surface area contributed by atoms with Crippen LogP contribution in [0.15, 0.2) is 248 Å². The van der Waals surface area contributed by atoms with Gasteiger partial charge in [0, 0.05) is 33.4 Å².